The van der Waals surface area contributed by atoms with E-state index < -0.39 is 85.4 Å². The molecule has 14 heteroatoms. The Morgan fingerprint density at radius 3 is 2.05 bits per heavy atom. The molecular weight excluding hydrogens is 728 g/mol. The van der Waals surface area contributed by atoms with E-state index in [0.29, 0.717) is 25.2 Å². The van der Waals surface area contributed by atoms with Crippen LogP contribution in [0.5, 0.6) is 0 Å². The fourth-order valence-electron chi connectivity index (χ4n) is 13.5. The summed E-state index contributed by atoms with van der Waals surface area (Å²) in [4.78, 5) is 26.4. The van der Waals surface area contributed by atoms with Gasteiger partial charge in [0.2, 0.25) is 6.29 Å². The van der Waals surface area contributed by atoms with Gasteiger partial charge >= 0.3 is 11.9 Å². The second-order valence-corrected chi connectivity index (χ2v) is 20.7. The minimum Gasteiger partial charge on any atom is -0.479 e. The predicted molar refractivity (Wildman–Crippen MR) is 198 cm³/mol. The topological polar surface area (TPSA) is 233 Å². The van der Waals surface area contributed by atoms with Crippen molar-refractivity contribution in [3.05, 3.63) is 11.6 Å². The van der Waals surface area contributed by atoms with Crippen molar-refractivity contribution in [3.8, 4) is 0 Å². The van der Waals surface area contributed by atoms with Crippen LogP contribution in [0.1, 0.15) is 113 Å². The fourth-order valence-corrected chi connectivity index (χ4v) is 13.5. The predicted octanol–water partition coefficient (Wildman–Crippen LogP) is 2.41. The number of allylic oxidation sites excluding steroid dienone is 2. The average Bonchev–Trinajstić information content (AvgIpc) is 3.12. The third-order valence-electron chi connectivity index (χ3n) is 17.2. The molecule has 0 aromatic carbocycles. The molecule has 18 atom stereocenters. The summed E-state index contributed by atoms with van der Waals surface area (Å²) in [6, 6.07) is 0. The maximum Gasteiger partial charge on any atom is 0.335 e. The molecule has 6 fully saturated rings. The number of carboxylic acids is 1. The van der Waals surface area contributed by atoms with Crippen LogP contribution in [0.25, 0.3) is 0 Å². The molecule has 2 unspecified atom stereocenters. The summed E-state index contributed by atoms with van der Waals surface area (Å²) in [7, 11) is 0. The molecule has 2 aliphatic heterocycles. The van der Waals surface area contributed by atoms with Crippen molar-refractivity contribution in [2.24, 2.45) is 50.2 Å². The van der Waals surface area contributed by atoms with E-state index in [4.69, 9.17) is 18.9 Å². The maximum atomic E-state index is 14.6. The van der Waals surface area contributed by atoms with Gasteiger partial charge in [0.15, 0.2) is 12.4 Å². The Labute approximate surface area is 329 Å². The van der Waals surface area contributed by atoms with Crippen molar-refractivity contribution < 1.29 is 69.4 Å². The third-order valence-corrected chi connectivity index (χ3v) is 17.2. The van der Waals surface area contributed by atoms with E-state index in [1.54, 1.807) is 0 Å². The van der Waals surface area contributed by atoms with Crippen LogP contribution in [-0.4, -0.2) is 127 Å². The summed E-state index contributed by atoms with van der Waals surface area (Å²) in [6.45, 7) is 15.6. The summed E-state index contributed by atoms with van der Waals surface area (Å²) >= 11 is 0. The first-order valence-corrected chi connectivity index (χ1v) is 20.8. The van der Waals surface area contributed by atoms with Gasteiger partial charge in [0.25, 0.3) is 0 Å². The van der Waals surface area contributed by atoms with Gasteiger partial charge in [-0.25, -0.2) is 4.79 Å². The Morgan fingerprint density at radius 2 is 1.39 bits per heavy atom. The smallest absolute Gasteiger partial charge is 0.335 e. The van der Waals surface area contributed by atoms with Crippen LogP contribution in [0.4, 0.5) is 0 Å². The molecule has 14 nitrogen and oxygen atoms in total. The molecular formula is C42H66O14. The number of carboxylic acid groups (broad SMARTS) is 1. The lowest BCUT2D eigenvalue weighted by molar-refractivity contribution is -0.330. The molecule has 0 radical (unpaired) electrons. The van der Waals surface area contributed by atoms with Crippen molar-refractivity contribution in [1.82, 2.24) is 0 Å². The van der Waals surface area contributed by atoms with Crippen LogP contribution < -0.4 is 0 Å². The highest BCUT2D eigenvalue weighted by Gasteiger charge is 2.70. The molecule has 318 valence electrons. The third kappa shape index (κ3) is 6.17. The van der Waals surface area contributed by atoms with Crippen LogP contribution in [0, 0.1) is 50.2 Å². The number of aliphatic hydroxyl groups excluding tert-OH is 7. The molecule has 2 heterocycles. The van der Waals surface area contributed by atoms with Crippen LogP contribution in [0.3, 0.4) is 0 Å². The van der Waals surface area contributed by atoms with E-state index in [2.05, 4.69) is 54.5 Å². The minimum atomic E-state index is -1.89. The number of aliphatic hydroxyl groups is 7. The Kier molecular flexibility index (Phi) is 10.8. The van der Waals surface area contributed by atoms with Crippen molar-refractivity contribution in [3.63, 3.8) is 0 Å². The van der Waals surface area contributed by atoms with E-state index >= 15 is 0 Å². The number of hydrogen-bond donors (Lipinski definition) is 8. The van der Waals surface area contributed by atoms with Gasteiger partial charge in [-0.2, -0.15) is 0 Å². The van der Waals surface area contributed by atoms with Gasteiger partial charge in [-0.1, -0.05) is 60.1 Å². The lowest BCUT2D eigenvalue weighted by atomic mass is 9.33. The van der Waals surface area contributed by atoms with Crippen LogP contribution in [0.15, 0.2) is 11.6 Å². The number of carbonyl (C=O) groups is 2. The van der Waals surface area contributed by atoms with Crippen molar-refractivity contribution in [2.75, 3.05) is 6.61 Å². The first-order chi connectivity index (χ1) is 26.0. The first-order valence-electron chi connectivity index (χ1n) is 20.8. The van der Waals surface area contributed by atoms with Gasteiger partial charge < -0.3 is 59.8 Å². The highest BCUT2D eigenvalue weighted by atomic mass is 16.7. The summed E-state index contributed by atoms with van der Waals surface area (Å²) in [6.07, 6.45) is -6.10. The van der Waals surface area contributed by atoms with Crippen LogP contribution >= 0.6 is 0 Å². The number of carbonyl (C=O) groups excluding carboxylic acids is 1. The number of fused-ring (bicyclic) bond motifs is 7. The Bertz CT molecular complexity index is 1560. The first kappa shape index (κ1) is 42.4. The molecule has 0 bridgehead atoms. The molecule has 0 amide bonds. The molecule has 56 heavy (non-hydrogen) atoms. The number of rotatable bonds is 6. The summed E-state index contributed by atoms with van der Waals surface area (Å²) in [5.74, 6) is -1.69. The van der Waals surface area contributed by atoms with Gasteiger partial charge in [-0.15, -0.1) is 0 Å². The molecule has 0 spiro atoms. The Balaban J connectivity index is 1.16. The highest BCUT2D eigenvalue weighted by molar-refractivity contribution is 5.79. The Hall–Kier alpha value is -1.72. The van der Waals surface area contributed by atoms with Gasteiger partial charge in [0, 0.05) is 0 Å². The normalized spacial score (nSPS) is 52.3. The fraction of sp³-hybridized carbons (Fsp3) is 0.905. The number of hydrogen-bond acceptors (Lipinski definition) is 13. The van der Waals surface area contributed by atoms with E-state index in [-0.39, 0.29) is 45.0 Å². The van der Waals surface area contributed by atoms with Gasteiger partial charge in [-0.05, 0) is 109 Å². The summed E-state index contributed by atoms with van der Waals surface area (Å²) < 4.78 is 23.5. The summed E-state index contributed by atoms with van der Waals surface area (Å²) in [5.41, 5.74) is -0.489. The molecule has 7 rings (SSSR count). The molecule has 2 saturated heterocycles. The molecule has 8 N–H and O–H groups in total. The molecule has 4 saturated carbocycles. The quantitative estimate of drug-likeness (QED) is 0.110. The van der Waals surface area contributed by atoms with Crippen LogP contribution in [0.2, 0.25) is 0 Å². The lowest BCUT2D eigenvalue weighted by Crippen LogP contribution is -2.66. The lowest BCUT2D eigenvalue weighted by Gasteiger charge is -2.71. The monoisotopic (exact) mass is 794 g/mol. The molecule has 0 aromatic heterocycles. The zero-order valence-corrected chi connectivity index (χ0v) is 34.0. The zero-order valence-electron chi connectivity index (χ0n) is 34.0. The zero-order chi connectivity index (χ0) is 41.1. The highest BCUT2D eigenvalue weighted by Crippen LogP contribution is 2.76. The minimum absolute atomic E-state index is 0.0617. The summed E-state index contributed by atoms with van der Waals surface area (Å²) in [5, 5.41) is 82.4. The average molecular weight is 795 g/mol. The number of aliphatic carboxylic acids is 1. The van der Waals surface area contributed by atoms with E-state index in [1.807, 2.05) is 0 Å². The van der Waals surface area contributed by atoms with Crippen molar-refractivity contribution >= 4 is 11.9 Å². The van der Waals surface area contributed by atoms with E-state index in [0.717, 1.165) is 44.9 Å². The second-order valence-electron chi connectivity index (χ2n) is 20.7. The molecule has 7 aliphatic rings. The maximum absolute atomic E-state index is 14.6. The number of ether oxygens (including phenoxy) is 4. The molecule has 0 aromatic rings. The largest absolute Gasteiger partial charge is 0.479 e. The van der Waals surface area contributed by atoms with Crippen molar-refractivity contribution in [2.45, 2.75) is 180 Å². The van der Waals surface area contributed by atoms with Crippen LogP contribution in [-0.2, 0) is 28.5 Å². The standard InChI is InChI=1S/C42H66O14/c1-37(2)14-16-42(36(52)56-35-31(49)28(46)29(47)32(55-35)33(50)51)17-15-40(6)20(21(42)18-37)8-9-24-39(5)12-11-25(38(3,4)23(39)10-13-41(24,40)7)54-34-30(48)27(45)26(44)22(19-43)53-34/h8,21-32,34-35,43-49H,9-19H2,1-7H3,(H,50,51)/t21-,22+,23-,24+,25-,26+,27-,28-,29-,30+,31+,32-,34?,35?,39-,40+,41+,42-/m0/s1. The SMILES string of the molecule is CC1(C)CC[C@]2(C(=O)OC3O[C@H](C(=O)O)[C@@H](O)[C@H](O)[C@H]3O)CC[C@]3(C)C(=CC[C@@H]4[C@@]5(C)CC[C@H](OC6O[C@H](CO)[C@@H](O)[C@H](O)[C@H]6O)C(C)(C)[C@@H]5CC[C@]43C)[C@@H]2C1. The van der Waals surface area contributed by atoms with Gasteiger partial charge in [0.05, 0.1) is 18.1 Å². The second kappa shape index (κ2) is 14.2. The Morgan fingerprint density at radius 1 is 0.750 bits per heavy atom. The molecule has 5 aliphatic carbocycles. The van der Waals surface area contributed by atoms with Gasteiger partial charge in [0.1, 0.15) is 42.7 Å². The number of esters is 1. The van der Waals surface area contributed by atoms with E-state index in [9.17, 15) is 50.4 Å². The van der Waals surface area contributed by atoms with Crippen molar-refractivity contribution in [1.29, 1.82) is 0 Å². The van der Waals surface area contributed by atoms with E-state index in [1.165, 1.54) is 5.57 Å². The van der Waals surface area contributed by atoms with Gasteiger partial charge in [-0.3, -0.25) is 4.79 Å².